The number of hydrogen-bond acceptors (Lipinski definition) is 4. The number of rotatable bonds is 6. The minimum absolute atomic E-state index is 0.708. The zero-order valence-electron chi connectivity index (χ0n) is 27.1. The number of fused-ring (bicyclic) bond motifs is 3. The van der Waals surface area contributed by atoms with E-state index in [0.717, 1.165) is 77.9 Å². The van der Waals surface area contributed by atoms with Crippen LogP contribution in [0.25, 0.3) is 89.1 Å². The summed E-state index contributed by atoms with van der Waals surface area (Å²) >= 11 is 0. The van der Waals surface area contributed by atoms with Gasteiger partial charge in [0.15, 0.2) is 5.82 Å². The largest absolute Gasteiger partial charge is 0.265 e. The van der Waals surface area contributed by atoms with Gasteiger partial charge < -0.3 is 0 Å². The van der Waals surface area contributed by atoms with Gasteiger partial charge in [-0.1, -0.05) is 140 Å². The Hall–Kier alpha value is -6.78. The van der Waals surface area contributed by atoms with Crippen LogP contribution in [0.1, 0.15) is 0 Å². The van der Waals surface area contributed by atoms with Crippen LogP contribution in [0, 0.1) is 0 Å². The van der Waals surface area contributed by atoms with E-state index in [1.807, 2.05) is 54.9 Å². The average molecular weight is 639 g/mol. The number of nitrogens with zero attached hydrogens (tertiary/aromatic N) is 4. The molecule has 9 rings (SSSR count). The van der Waals surface area contributed by atoms with E-state index in [-0.39, 0.29) is 0 Å². The summed E-state index contributed by atoms with van der Waals surface area (Å²) in [5.41, 5.74) is 12.4. The summed E-state index contributed by atoms with van der Waals surface area (Å²) in [6, 6.07) is 58.9. The molecule has 9 aromatic rings. The highest BCUT2D eigenvalue weighted by Crippen LogP contribution is 2.40. The summed E-state index contributed by atoms with van der Waals surface area (Å²) in [4.78, 5) is 19.5. The minimum atomic E-state index is 0.708. The molecule has 0 fully saturated rings. The fraction of sp³-hybridized carbons (Fsp3) is 0. The van der Waals surface area contributed by atoms with Crippen molar-refractivity contribution in [2.45, 2.75) is 0 Å². The smallest absolute Gasteiger partial charge is 0.160 e. The van der Waals surface area contributed by atoms with Gasteiger partial charge in [0.1, 0.15) is 0 Å². The summed E-state index contributed by atoms with van der Waals surface area (Å²) in [6.45, 7) is 0. The van der Waals surface area contributed by atoms with Gasteiger partial charge in [-0.3, -0.25) is 4.98 Å². The summed E-state index contributed by atoms with van der Waals surface area (Å²) in [6.07, 6.45) is 3.71. The standard InChI is InChI=1S/C46H30N4/c1-4-11-33(12-5-1)42-30-43(50-46(49-42)36-15-8-3-9-16-36)34-21-19-31(20-22-34)37-23-24-41-40(29-37)44-38(32-25-27-47-28-26-32)17-10-18-39(44)45(48-41)35-13-6-2-7-14-35/h1-30H. The van der Waals surface area contributed by atoms with Crippen molar-refractivity contribution in [2.75, 3.05) is 0 Å². The van der Waals surface area contributed by atoms with Crippen LogP contribution in [0.5, 0.6) is 0 Å². The second kappa shape index (κ2) is 12.7. The molecule has 4 nitrogen and oxygen atoms in total. The third-order valence-corrected chi connectivity index (χ3v) is 9.20. The molecule has 234 valence electrons. The highest BCUT2D eigenvalue weighted by Gasteiger charge is 2.16. The Bertz CT molecular complexity index is 2550. The van der Waals surface area contributed by atoms with E-state index in [1.54, 1.807) is 0 Å². The molecule has 0 aliphatic carbocycles. The number of hydrogen-bond donors (Lipinski definition) is 0. The lowest BCUT2D eigenvalue weighted by Crippen LogP contribution is -1.95. The predicted octanol–water partition coefficient (Wildman–Crippen LogP) is 11.6. The molecule has 0 aliphatic rings. The van der Waals surface area contributed by atoms with Crippen molar-refractivity contribution in [3.8, 4) is 67.4 Å². The molecule has 3 heterocycles. The van der Waals surface area contributed by atoms with E-state index < -0.39 is 0 Å². The van der Waals surface area contributed by atoms with Crippen LogP contribution in [-0.2, 0) is 0 Å². The van der Waals surface area contributed by atoms with E-state index >= 15 is 0 Å². The molecule has 50 heavy (non-hydrogen) atoms. The first-order chi connectivity index (χ1) is 24.8. The second-order valence-electron chi connectivity index (χ2n) is 12.3. The van der Waals surface area contributed by atoms with Crippen LogP contribution in [0.4, 0.5) is 0 Å². The van der Waals surface area contributed by atoms with Crippen molar-refractivity contribution in [1.29, 1.82) is 0 Å². The first kappa shape index (κ1) is 29.4. The first-order valence-corrected chi connectivity index (χ1v) is 16.7. The molecule has 0 aliphatic heterocycles. The normalized spacial score (nSPS) is 11.2. The molecular formula is C46H30N4. The summed E-state index contributed by atoms with van der Waals surface area (Å²) < 4.78 is 0. The van der Waals surface area contributed by atoms with Crippen LogP contribution in [0.2, 0.25) is 0 Å². The molecule has 0 unspecified atom stereocenters. The van der Waals surface area contributed by atoms with Crippen LogP contribution in [0.15, 0.2) is 182 Å². The van der Waals surface area contributed by atoms with Crippen LogP contribution >= 0.6 is 0 Å². The Balaban J connectivity index is 1.17. The fourth-order valence-electron chi connectivity index (χ4n) is 6.72. The Morgan fingerprint density at radius 3 is 1.60 bits per heavy atom. The molecule has 6 aromatic carbocycles. The maximum absolute atomic E-state index is 5.24. The lowest BCUT2D eigenvalue weighted by Gasteiger charge is -2.15. The highest BCUT2D eigenvalue weighted by molar-refractivity contribution is 6.17. The number of aromatic nitrogens is 4. The van der Waals surface area contributed by atoms with Gasteiger partial charge in [-0.05, 0) is 52.6 Å². The second-order valence-corrected chi connectivity index (χ2v) is 12.3. The highest BCUT2D eigenvalue weighted by atomic mass is 14.9. The van der Waals surface area contributed by atoms with Gasteiger partial charge in [0.25, 0.3) is 0 Å². The SMILES string of the molecule is c1ccc(-c2cc(-c3ccc(-c4ccc5nc(-c6ccccc6)c6cccc(-c7ccncc7)c6c5c4)cc3)nc(-c3ccccc3)n2)cc1. The van der Waals surface area contributed by atoms with Crippen molar-refractivity contribution in [1.82, 2.24) is 19.9 Å². The van der Waals surface area contributed by atoms with Gasteiger partial charge in [-0.2, -0.15) is 0 Å². The molecule has 0 N–H and O–H groups in total. The van der Waals surface area contributed by atoms with Crippen LogP contribution in [0.3, 0.4) is 0 Å². The Morgan fingerprint density at radius 1 is 0.340 bits per heavy atom. The predicted molar refractivity (Wildman–Crippen MR) is 205 cm³/mol. The zero-order chi connectivity index (χ0) is 33.3. The molecule has 0 amide bonds. The minimum Gasteiger partial charge on any atom is -0.265 e. The van der Waals surface area contributed by atoms with Crippen molar-refractivity contribution < 1.29 is 0 Å². The summed E-state index contributed by atoms with van der Waals surface area (Å²) in [5.74, 6) is 0.708. The molecule has 0 atom stereocenters. The lowest BCUT2D eigenvalue weighted by molar-refractivity contribution is 1.18. The van der Waals surface area contributed by atoms with E-state index in [0.29, 0.717) is 5.82 Å². The molecule has 0 saturated heterocycles. The molecule has 0 bridgehead atoms. The number of pyridine rings is 2. The van der Waals surface area contributed by atoms with E-state index in [4.69, 9.17) is 15.0 Å². The zero-order valence-corrected chi connectivity index (χ0v) is 27.1. The molecule has 0 radical (unpaired) electrons. The van der Waals surface area contributed by atoms with E-state index in [2.05, 4.69) is 132 Å². The third kappa shape index (κ3) is 5.49. The quantitative estimate of drug-likeness (QED) is 0.170. The van der Waals surface area contributed by atoms with Gasteiger partial charge in [0, 0.05) is 50.8 Å². The van der Waals surface area contributed by atoms with Crippen LogP contribution < -0.4 is 0 Å². The molecule has 3 aromatic heterocycles. The average Bonchev–Trinajstić information content (AvgIpc) is 3.21. The maximum Gasteiger partial charge on any atom is 0.160 e. The fourth-order valence-corrected chi connectivity index (χ4v) is 6.72. The Labute approximate surface area is 290 Å². The van der Waals surface area contributed by atoms with Gasteiger partial charge in [-0.15, -0.1) is 0 Å². The van der Waals surface area contributed by atoms with E-state index in [1.165, 1.54) is 5.39 Å². The van der Waals surface area contributed by atoms with Crippen molar-refractivity contribution >= 4 is 21.7 Å². The number of benzene rings is 6. The summed E-state index contributed by atoms with van der Waals surface area (Å²) in [7, 11) is 0. The Kier molecular flexibility index (Phi) is 7.45. The van der Waals surface area contributed by atoms with Gasteiger partial charge in [0.2, 0.25) is 0 Å². The van der Waals surface area contributed by atoms with Gasteiger partial charge >= 0.3 is 0 Å². The topological polar surface area (TPSA) is 51.6 Å². The third-order valence-electron chi connectivity index (χ3n) is 9.20. The molecule has 0 spiro atoms. The van der Waals surface area contributed by atoms with Gasteiger partial charge in [-0.25, -0.2) is 15.0 Å². The van der Waals surface area contributed by atoms with E-state index in [9.17, 15) is 0 Å². The van der Waals surface area contributed by atoms with Crippen molar-refractivity contribution in [3.05, 3.63) is 182 Å². The molecular weight excluding hydrogens is 609 g/mol. The van der Waals surface area contributed by atoms with Crippen molar-refractivity contribution in [3.63, 3.8) is 0 Å². The lowest BCUT2D eigenvalue weighted by atomic mass is 9.92. The monoisotopic (exact) mass is 638 g/mol. The molecule has 4 heteroatoms. The Morgan fingerprint density at radius 2 is 0.920 bits per heavy atom. The van der Waals surface area contributed by atoms with Gasteiger partial charge in [0.05, 0.1) is 22.6 Å². The van der Waals surface area contributed by atoms with Crippen LogP contribution in [-0.4, -0.2) is 19.9 Å². The maximum atomic E-state index is 5.24. The molecule has 0 saturated carbocycles. The summed E-state index contributed by atoms with van der Waals surface area (Å²) in [5, 5.41) is 3.42. The first-order valence-electron chi connectivity index (χ1n) is 16.7. The van der Waals surface area contributed by atoms with Crippen molar-refractivity contribution in [2.24, 2.45) is 0 Å².